The smallest absolute Gasteiger partial charge is 0.0525 e. The van der Waals surface area contributed by atoms with Crippen molar-refractivity contribution >= 4 is 23.1 Å². The highest BCUT2D eigenvalue weighted by Gasteiger charge is 2.19. The second-order valence-electron chi connectivity index (χ2n) is 4.70. The summed E-state index contributed by atoms with van der Waals surface area (Å²) >= 11 is 1.95. The topological polar surface area (TPSA) is 29.3 Å². The van der Waals surface area contributed by atoms with Crippen LogP contribution in [0.2, 0.25) is 0 Å². The maximum Gasteiger partial charge on any atom is 0.0525 e. The first-order chi connectivity index (χ1) is 8.24. The lowest BCUT2D eigenvalue weighted by Gasteiger charge is -2.33. The van der Waals surface area contributed by atoms with Crippen LogP contribution < -0.4 is 10.6 Å². The second-order valence-corrected chi connectivity index (χ2v) is 5.84. The summed E-state index contributed by atoms with van der Waals surface area (Å²) in [5, 5.41) is 0. The number of hydrogen-bond donors (Lipinski definition) is 1. The summed E-state index contributed by atoms with van der Waals surface area (Å²) in [4.78, 5) is 3.90. The third-order valence-electron chi connectivity index (χ3n) is 3.58. The third-order valence-corrected chi connectivity index (χ3v) is 4.62. The van der Waals surface area contributed by atoms with E-state index in [0.29, 0.717) is 0 Å². The first kappa shape index (κ1) is 12.6. The Hall–Kier alpha value is -0.830. The molecule has 0 saturated carbocycles. The van der Waals surface area contributed by atoms with E-state index >= 15 is 0 Å². The van der Waals surface area contributed by atoms with Crippen LogP contribution in [-0.2, 0) is 0 Å². The van der Waals surface area contributed by atoms with Gasteiger partial charge in [-0.2, -0.15) is 0 Å². The Balaban J connectivity index is 2.18. The molecule has 0 aromatic heterocycles. The van der Waals surface area contributed by atoms with E-state index in [9.17, 15) is 0 Å². The highest BCUT2D eigenvalue weighted by atomic mass is 32.2. The molecule has 1 aliphatic rings. The van der Waals surface area contributed by atoms with Crippen molar-refractivity contribution in [3.8, 4) is 0 Å². The van der Waals surface area contributed by atoms with E-state index < -0.39 is 0 Å². The van der Waals surface area contributed by atoms with Gasteiger partial charge in [0.1, 0.15) is 0 Å². The summed E-state index contributed by atoms with van der Waals surface area (Å²) in [6.07, 6.45) is 2.52. The molecule has 0 aliphatic carbocycles. The van der Waals surface area contributed by atoms with Crippen molar-refractivity contribution in [2.24, 2.45) is 5.92 Å². The van der Waals surface area contributed by atoms with Gasteiger partial charge in [0, 0.05) is 29.4 Å². The number of fused-ring (bicyclic) bond motifs is 1. The lowest BCUT2D eigenvalue weighted by Crippen LogP contribution is -2.33. The zero-order chi connectivity index (χ0) is 12.3. The maximum atomic E-state index is 5.90. The minimum Gasteiger partial charge on any atom is -0.399 e. The van der Waals surface area contributed by atoms with Crippen molar-refractivity contribution in [1.82, 2.24) is 0 Å². The Labute approximate surface area is 109 Å². The van der Waals surface area contributed by atoms with Gasteiger partial charge in [-0.15, -0.1) is 11.8 Å². The summed E-state index contributed by atoms with van der Waals surface area (Å²) in [7, 11) is 0. The highest BCUT2D eigenvalue weighted by molar-refractivity contribution is 7.99. The van der Waals surface area contributed by atoms with Gasteiger partial charge >= 0.3 is 0 Å². The third kappa shape index (κ3) is 2.89. The van der Waals surface area contributed by atoms with Crippen molar-refractivity contribution in [1.29, 1.82) is 0 Å². The fraction of sp³-hybridized carbons (Fsp3) is 0.571. The monoisotopic (exact) mass is 250 g/mol. The number of benzene rings is 1. The van der Waals surface area contributed by atoms with E-state index in [2.05, 4.69) is 30.9 Å². The molecule has 17 heavy (non-hydrogen) atoms. The second kappa shape index (κ2) is 5.67. The first-order valence-electron chi connectivity index (χ1n) is 6.51. The van der Waals surface area contributed by atoms with Crippen molar-refractivity contribution in [2.75, 3.05) is 29.5 Å². The summed E-state index contributed by atoms with van der Waals surface area (Å²) < 4.78 is 0. The van der Waals surface area contributed by atoms with Crippen molar-refractivity contribution < 1.29 is 0 Å². The van der Waals surface area contributed by atoms with Gasteiger partial charge in [-0.25, -0.2) is 0 Å². The van der Waals surface area contributed by atoms with Crippen LogP contribution in [0.5, 0.6) is 0 Å². The van der Waals surface area contributed by atoms with Crippen LogP contribution in [0.4, 0.5) is 11.4 Å². The number of nitrogens with zero attached hydrogens (tertiary/aromatic N) is 1. The highest BCUT2D eigenvalue weighted by Crippen LogP contribution is 2.36. The summed E-state index contributed by atoms with van der Waals surface area (Å²) in [6, 6.07) is 6.30. The zero-order valence-electron chi connectivity index (χ0n) is 10.8. The lowest BCUT2D eigenvalue weighted by molar-refractivity contribution is 0.485. The van der Waals surface area contributed by atoms with Gasteiger partial charge in [0.25, 0.3) is 0 Å². The molecular weight excluding hydrogens is 228 g/mol. The quantitative estimate of drug-likeness (QED) is 0.828. The van der Waals surface area contributed by atoms with Gasteiger partial charge in [0.15, 0.2) is 0 Å². The molecule has 1 aromatic rings. The Morgan fingerprint density at radius 1 is 1.35 bits per heavy atom. The van der Waals surface area contributed by atoms with E-state index in [0.717, 1.165) is 18.2 Å². The number of hydrogen-bond acceptors (Lipinski definition) is 3. The van der Waals surface area contributed by atoms with Gasteiger partial charge < -0.3 is 10.6 Å². The molecule has 0 amide bonds. The van der Waals surface area contributed by atoms with E-state index in [-0.39, 0.29) is 0 Å². The minimum atomic E-state index is 0.799. The van der Waals surface area contributed by atoms with Crippen LogP contribution in [0.1, 0.15) is 26.7 Å². The molecule has 2 nitrogen and oxygen atoms in total. The molecule has 0 radical (unpaired) electrons. The van der Waals surface area contributed by atoms with Crippen molar-refractivity contribution in [2.45, 2.75) is 31.6 Å². The van der Waals surface area contributed by atoms with Crippen molar-refractivity contribution in [3.63, 3.8) is 0 Å². The van der Waals surface area contributed by atoms with Gasteiger partial charge in [0.2, 0.25) is 0 Å². The molecule has 2 rings (SSSR count). The number of nitrogen functional groups attached to an aromatic ring is 1. The molecular formula is C14H22N2S. The number of nitrogens with two attached hydrogens (primary N) is 1. The van der Waals surface area contributed by atoms with E-state index in [4.69, 9.17) is 5.73 Å². The van der Waals surface area contributed by atoms with E-state index in [1.54, 1.807) is 0 Å². The van der Waals surface area contributed by atoms with E-state index in [1.807, 2.05) is 17.8 Å². The normalized spacial score (nSPS) is 15.1. The number of thioether (sulfide) groups is 1. The number of anilines is 2. The van der Waals surface area contributed by atoms with Crippen LogP contribution in [0.3, 0.4) is 0 Å². The first-order valence-corrected chi connectivity index (χ1v) is 7.50. The van der Waals surface area contributed by atoms with Gasteiger partial charge in [-0.3, -0.25) is 0 Å². The molecule has 3 heteroatoms. The van der Waals surface area contributed by atoms with Gasteiger partial charge in [-0.1, -0.05) is 26.7 Å². The Morgan fingerprint density at radius 3 is 2.82 bits per heavy atom. The largest absolute Gasteiger partial charge is 0.399 e. The summed E-state index contributed by atoms with van der Waals surface area (Å²) in [6.45, 7) is 6.89. The molecule has 2 N–H and O–H groups in total. The fourth-order valence-electron chi connectivity index (χ4n) is 2.34. The van der Waals surface area contributed by atoms with Crippen LogP contribution in [0.25, 0.3) is 0 Å². The number of rotatable bonds is 4. The fourth-order valence-corrected chi connectivity index (χ4v) is 3.37. The molecule has 1 aliphatic heterocycles. The van der Waals surface area contributed by atoms with Crippen LogP contribution in [0.15, 0.2) is 23.1 Å². The molecule has 0 fully saturated rings. The average Bonchev–Trinajstić information content (AvgIpc) is 2.36. The van der Waals surface area contributed by atoms with Crippen LogP contribution >= 0.6 is 11.8 Å². The molecule has 0 unspecified atom stereocenters. The molecule has 0 saturated heterocycles. The standard InChI is InChI=1S/C14H22N2S/c1-3-11(4-2)10-16-7-8-17-14-6-5-12(15)9-13(14)16/h5-6,9,11H,3-4,7-8,10,15H2,1-2H3. The van der Waals surface area contributed by atoms with E-state index in [1.165, 1.54) is 35.7 Å². The average molecular weight is 250 g/mol. The molecule has 1 heterocycles. The van der Waals surface area contributed by atoms with Crippen LogP contribution in [-0.4, -0.2) is 18.8 Å². The Kier molecular flexibility index (Phi) is 4.21. The molecule has 1 aromatic carbocycles. The van der Waals surface area contributed by atoms with Gasteiger partial charge in [0.05, 0.1) is 5.69 Å². The Bertz CT molecular complexity index is 374. The lowest BCUT2D eigenvalue weighted by atomic mass is 10.0. The van der Waals surface area contributed by atoms with Crippen LogP contribution in [0, 0.1) is 5.92 Å². The molecule has 94 valence electrons. The molecule has 0 bridgehead atoms. The SMILES string of the molecule is CCC(CC)CN1CCSc2ccc(N)cc21. The predicted octanol–water partition coefficient (Wildman–Crippen LogP) is 3.62. The summed E-state index contributed by atoms with van der Waals surface area (Å²) in [5.41, 5.74) is 8.12. The van der Waals surface area contributed by atoms with Gasteiger partial charge in [-0.05, 0) is 24.1 Å². The molecule has 0 atom stereocenters. The predicted molar refractivity (Wildman–Crippen MR) is 77.9 cm³/mol. The maximum absolute atomic E-state index is 5.90. The summed E-state index contributed by atoms with van der Waals surface area (Å²) in [5.74, 6) is 1.99. The Morgan fingerprint density at radius 2 is 2.12 bits per heavy atom. The molecule has 0 spiro atoms. The minimum absolute atomic E-state index is 0.799. The van der Waals surface area contributed by atoms with Crippen molar-refractivity contribution in [3.05, 3.63) is 18.2 Å². The zero-order valence-corrected chi connectivity index (χ0v) is 11.6.